The Labute approximate surface area is 127 Å². The summed E-state index contributed by atoms with van der Waals surface area (Å²) in [6.07, 6.45) is 5.14. The van der Waals surface area contributed by atoms with Crippen LogP contribution in [-0.2, 0) is 24.3 Å². The van der Waals surface area contributed by atoms with Crippen molar-refractivity contribution >= 4 is 17.5 Å². The third-order valence-corrected chi connectivity index (χ3v) is 4.40. The number of carbonyl (C=O) groups is 2. The quantitative estimate of drug-likeness (QED) is 0.877. The van der Waals surface area contributed by atoms with Gasteiger partial charge in [0.15, 0.2) is 0 Å². The number of carbonyl (C=O) groups excluding carboxylic acids is 2. The van der Waals surface area contributed by atoms with Gasteiger partial charge in [-0.05, 0) is 24.1 Å². The van der Waals surface area contributed by atoms with Gasteiger partial charge in [0.25, 0.3) is 5.91 Å². The lowest BCUT2D eigenvalue weighted by Crippen LogP contribution is -2.30. The molecule has 0 fully saturated rings. The molecule has 2 amide bonds. The van der Waals surface area contributed by atoms with Crippen LogP contribution in [0.1, 0.15) is 28.0 Å². The normalized spacial score (nSPS) is 19.3. The molecule has 0 saturated carbocycles. The summed E-state index contributed by atoms with van der Waals surface area (Å²) in [5.74, 6) is -0.121. The van der Waals surface area contributed by atoms with E-state index in [1.54, 1.807) is 6.07 Å². The first kappa shape index (κ1) is 13.1. The fraction of sp³-hybridized carbons (Fsp3) is 0.312. The van der Waals surface area contributed by atoms with Crippen molar-refractivity contribution in [1.29, 1.82) is 0 Å². The number of benzene rings is 1. The maximum absolute atomic E-state index is 12.4. The number of amides is 2. The first-order valence-electron chi connectivity index (χ1n) is 7.42. The lowest BCUT2D eigenvalue weighted by atomic mass is 9.95. The second-order valence-corrected chi connectivity index (χ2v) is 5.81. The second-order valence-electron chi connectivity index (χ2n) is 5.81. The van der Waals surface area contributed by atoms with Crippen molar-refractivity contribution < 1.29 is 9.59 Å². The lowest BCUT2D eigenvalue weighted by Gasteiger charge is -2.23. The monoisotopic (exact) mass is 296 g/mol. The standard InChI is InChI=1S/C16H16N4O2/c21-15(10-3-4-20-9-17-8-13(20)5-10)19-12-2-1-11-7-18-16(22)14(11)6-12/h1-2,6,8-10H,3-5,7H2,(H,18,22)(H,19,21). The van der Waals surface area contributed by atoms with Crippen LogP contribution in [0.25, 0.3) is 0 Å². The van der Waals surface area contributed by atoms with Crippen LogP contribution in [0.3, 0.4) is 0 Å². The summed E-state index contributed by atoms with van der Waals surface area (Å²) in [6, 6.07) is 5.49. The molecule has 4 rings (SSSR count). The molecule has 6 heteroatoms. The van der Waals surface area contributed by atoms with E-state index in [0.29, 0.717) is 24.2 Å². The first-order chi connectivity index (χ1) is 10.7. The predicted molar refractivity (Wildman–Crippen MR) is 80.3 cm³/mol. The zero-order chi connectivity index (χ0) is 15.1. The van der Waals surface area contributed by atoms with Crippen molar-refractivity contribution in [3.8, 4) is 0 Å². The van der Waals surface area contributed by atoms with Crippen molar-refractivity contribution in [3.63, 3.8) is 0 Å². The van der Waals surface area contributed by atoms with Gasteiger partial charge in [-0.2, -0.15) is 0 Å². The highest BCUT2D eigenvalue weighted by atomic mass is 16.2. The molecule has 1 unspecified atom stereocenters. The van der Waals surface area contributed by atoms with E-state index in [0.717, 1.165) is 24.2 Å². The molecule has 2 N–H and O–H groups in total. The molecule has 0 aliphatic carbocycles. The van der Waals surface area contributed by atoms with Gasteiger partial charge in [0, 0.05) is 48.6 Å². The molecule has 2 aromatic rings. The van der Waals surface area contributed by atoms with E-state index in [-0.39, 0.29) is 17.7 Å². The van der Waals surface area contributed by atoms with Gasteiger partial charge in [-0.3, -0.25) is 9.59 Å². The van der Waals surface area contributed by atoms with E-state index >= 15 is 0 Å². The SMILES string of the molecule is O=C1NCc2ccc(NC(=O)C3CCn4cncc4C3)cc21. The van der Waals surface area contributed by atoms with Gasteiger partial charge in [-0.25, -0.2) is 4.98 Å². The zero-order valence-electron chi connectivity index (χ0n) is 12.0. The van der Waals surface area contributed by atoms with Gasteiger partial charge in [-0.15, -0.1) is 0 Å². The minimum atomic E-state index is -0.0762. The molecule has 0 spiro atoms. The summed E-state index contributed by atoms with van der Waals surface area (Å²) < 4.78 is 2.09. The summed E-state index contributed by atoms with van der Waals surface area (Å²) in [4.78, 5) is 28.2. The largest absolute Gasteiger partial charge is 0.348 e. The number of aryl methyl sites for hydroxylation is 1. The maximum Gasteiger partial charge on any atom is 0.251 e. The topological polar surface area (TPSA) is 76.0 Å². The molecule has 0 bridgehead atoms. The number of hydrogen-bond acceptors (Lipinski definition) is 3. The minimum absolute atomic E-state index is 0.00538. The number of fused-ring (bicyclic) bond motifs is 2. The van der Waals surface area contributed by atoms with E-state index < -0.39 is 0 Å². The Balaban J connectivity index is 1.49. The van der Waals surface area contributed by atoms with Crippen LogP contribution >= 0.6 is 0 Å². The molecule has 1 aromatic carbocycles. The highest BCUT2D eigenvalue weighted by Gasteiger charge is 2.25. The number of anilines is 1. The number of nitrogens with one attached hydrogen (secondary N) is 2. The summed E-state index contributed by atoms with van der Waals surface area (Å²) in [5, 5.41) is 5.71. The zero-order valence-corrected chi connectivity index (χ0v) is 12.0. The van der Waals surface area contributed by atoms with Crippen molar-refractivity contribution in [2.24, 2.45) is 5.92 Å². The molecule has 6 nitrogen and oxygen atoms in total. The summed E-state index contributed by atoms with van der Waals surface area (Å²) in [5.41, 5.74) is 3.41. The molecule has 0 radical (unpaired) electrons. The third-order valence-electron chi connectivity index (χ3n) is 4.40. The van der Waals surface area contributed by atoms with E-state index in [1.807, 2.05) is 24.7 Å². The van der Waals surface area contributed by atoms with Crippen LogP contribution in [0.15, 0.2) is 30.7 Å². The molecule has 1 aromatic heterocycles. The van der Waals surface area contributed by atoms with Crippen LogP contribution in [-0.4, -0.2) is 21.4 Å². The number of imidazole rings is 1. The average Bonchev–Trinajstić information content (AvgIpc) is 3.13. The molecule has 22 heavy (non-hydrogen) atoms. The number of hydrogen-bond donors (Lipinski definition) is 2. The molecule has 1 atom stereocenters. The van der Waals surface area contributed by atoms with Gasteiger partial charge in [0.05, 0.1) is 6.33 Å². The molecule has 0 saturated heterocycles. The van der Waals surface area contributed by atoms with Crippen LogP contribution < -0.4 is 10.6 Å². The molecule has 2 aliphatic rings. The van der Waals surface area contributed by atoms with E-state index in [4.69, 9.17) is 0 Å². The Hall–Kier alpha value is -2.63. The van der Waals surface area contributed by atoms with E-state index in [1.165, 1.54) is 0 Å². The smallest absolute Gasteiger partial charge is 0.251 e. The number of aromatic nitrogens is 2. The summed E-state index contributed by atoms with van der Waals surface area (Å²) >= 11 is 0. The average molecular weight is 296 g/mol. The predicted octanol–water partition coefficient (Wildman–Crippen LogP) is 1.33. The van der Waals surface area contributed by atoms with Gasteiger partial charge < -0.3 is 15.2 Å². The van der Waals surface area contributed by atoms with Crippen molar-refractivity contribution in [2.45, 2.75) is 25.9 Å². The highest BCUT2D eigenvalue weighted by Crippen LogP contribution is 2.24. The third kappa shape index (κ3) is 2.16. The van der Waals surface area contributed by atoms with Gasteiger partial charge in [0.2, 0.25) is 5.91 Å². The maximum atomic E-state index is 12.4. The summed E-state index contributed by atoms with van der Waals surface area (Å²) in [7, 11) is 0. The van der Waals surface area contributed by atoms with Crippen molar-refractivity contribution in [2.75, 3.05) is 5.32 Å². The fourth-order valence-electron chi connectivity index (χ4n) is 3.13. The van der Waals surface area contributed by atoms with Crippen molar-refractivity contribution in [1.82, 2.24) is 14.9 Å². The lowest BCUT2D eigenvalue weighted by molar-refractivity contribution is -0.120. The van der Waals surface area contributed by atoms with E-state index in [2.05, 4.69) is 20.2 Å². The molecule has 3 heterocycles. The minimum Gasteiger partial charge on any atom is -0.348 e. The Morgan fingerprint density at radius 1 is 1.41 bits per heavy atom. The number of rotatable bonds is 2. The molecular formula is C16H16N4O2. The van der Waals surface area contributed by atoms with Crippen molar-refractivity contribution in [3.05, 3.63) is 47.5 Å². The second kappa shape index (κ2) is 4.98. The Morgan fingerprint density at radius 3 is 3.23 bits per heavy atom. The highest BCUT2D eigenvalue weighted by molar-refractivity contribution is 6.00. The summed E-state index contributed by atoms with van der Waals surface area (Å²) in [6.45, 7) is 1.38. The Bertz CT molecular complexity index is 765. The molecular weight excluding hydrogens is 280 g/mol. The first-order valence-corrected chi connectivity index (χ1v) is 7.42. The van der Waals surface area contributed by atoms with Crippen LogP contribution in [0.5, 0.6) is 0 Å². The fourth-order valence-corrected chi connectivity index (χ4v) is 3.13. The van der Waals surface area contributed by atoms with Crippen LogP contribution in [0.4, 0.5) is 5.69 Å². The van der Waals surface area contributed by atoms with Crippen LogP contribution in [0, 0.1) is 5.92 Å². The molecule has 112 valence electrons. The van der Waals surface area contributed by atoms with Gasteiger partial charge in [-0.1, -0.05) is 6.07 Å². The van der Waals surface area contributed by atoms with Gasteiger partial charge >= 0.3 is 0 Å². The number of nitrogens with zero attached hydrogens (tertiary/aromatic N) is 2. The van der Waals surface area contributed by atoms with E-state index in [9.17, 15) is 9.59 Å². The Morgan fingerprint density at radius 2 is 2.32 bits per heavy atom. The van der Waals surface area contributed by atoms with Crippen LogP contribution in [0.2, 0.25) is 0 Å². The molecule has 2 aliphatic heterocycles. The Kier molecular flexibility index (Phi) is 2.96. The van der Waals surface area contributed by atoms with Gasteiger partial charge in [0.1, 0.15) is 0 Å².